The first-order chi connectivity index (χ1) is 21.9. The molecule has 6 rings (SSSR count). The molecular weight excluding hydrogens is 596 g/mol. The Labute approximate surface area is 261 Å². The first-order valence-electron chi connectivity index (χ1n) is 14.1. The number of para-hydroxylation sites is 3. The van der Waals surface area contributed by atoms with Crippen molar-refractivity contribution in [1.82, 2.24) is 20.2 Å². The first-order valence-corrected chi connectivity index (χ1v) is 15.0. The maximum absolute atomic E-state index is 13.3. The zero-order valence-electron chi connectivity index (χ0n) is 23.9. The van der Waals surface area contributed by atoms with Crippen molar-refractivity contribution >= 4 is 40.4 Å². The molecule has 45 heavy (non-hydrogen) atoms. The number of hydrogen-bond acceptors (Lipinski definition) is 9. The standard InChI is InChI=1S/C33H28N4O7S/c1-2-16-42-33(41)28-20(19-45-32-27(31(40)37(28)32)35-26(38)18-43-21-10-4-3-5-11-21)17-44-25-15-9-7-13-23(25)29-34-24-14-8-6-12-22(24)30(39)36-29/h2-15,19,27-28,32H,1,16-18H2,(H,35,38)(H,34,36,39). The van der Waals surface area contributed by atoms with Gasteiger partial charge in [0.15, 0.2) is 12.6 Å². The molecule has 2 aliphatic rings. The van der Waals surface area contributed by atoms with Gasteiger partial charge in [0.2, 0.25) is 5.91 Å². The van der Waals surface area contributed by atoms with Crippen LogP contribution >= 0.6 is 11.8 Å². The van der Waals surface area contributed by atoms with E-state index in [4.69, 9.17) is 14.2 Å². The summed E-state index contributed by atoms with van der Waals surface area (Å²) in [7, 11) is 0. The zero-order chi connectivity index (χ0) is 31.3. The Kier molecular flexibility index (Phi) is 8.65. The highest BCUT2D eigenvalue weighted by atomic mass is 32.2. The quantitative estimate of drug-likeness (QED) is 0.146. The molecule has 3 aromatic carbocycles. The summed E-state index contributed by atoms with van der Waals surface area (Å²) in [5.41, 5.74) is 1.30. The second kappa shape index (κ2) is 13.1. The number of amides is 2. The van der Waals surface area contributed by atoms with E-state index in [-0.39, 0.29) is 25.4 Å². The second-order valence-electron chi connectivity index (χ2n) is 10.1. The summed E-state index contributed by atoms with van der Waals surface area (Å²) in [5.74, 6) is -0.252. The topological polar surface area (TPSA) is 140 Å². The van der Waals surface area contributed by atoms with Crippen molar-refractivity contribution in [1.29, 1.82) is 0 Å². The normalized spacial score (nSPS) is 18.7. The molecule has 0 bridgehead atoms. The van der Waals surface area contributed by atoms with E-state index in [1.165, 1.54) is 22.7 Å². The van der Waals surface area contributed by atoms with Gasteiger partial charge >= 0.3 is 5.97 Å². The number of β-lactam (4-membered cyclic amide) rings is 1. The number of carbonyl (C=O) groups excluding carboxylic acids is 3. The van der Waals surface area contributed by atoms with E-state index >= 15 is 0 Å². The average Bonchev–Trinajstić information content (AvgIpc) is 3.07. The third-order valence-electron chi connectivity index (χ3n) is 7.21. The van der Waals surface area contributed by atoms with Crippen LogP contribution in [0.5, 0.6) is 11.5 Å². The van der Waals surface area contributed by atoms with Gasteiger partial charge < -0.3 is 29.4 Å². The third kappa shape index (κ3) is 6.18. The molecule has 11 nitrogen and oxygen atoms in total. The Balaban J connectivity index is 1.19. The lowest BCUT2D eigenvalue weighted by Crippen LogP contribution is -2.74. The van der Waals surface area contributed by atoms with E-state index in [1.54, 1.807) is 78.2 Å². The number of hydrogen-bond donors (Lipinski definition) is 2. The lowest BCUT2D eigenvalue weighted by Gasteiger charge is -2.51. The molecule has 12 heteroatoms. The molecular formula is C33H28N4O7S. The number of nitrogens with zero attached hydrogens (tertiary/aromatic N) is 2. The summed E-state index contributed by atoms with van der Waals surface area (Å²) in [6.07, 6.45) is 1.44. The Morgan fingerprint density at radius 2 is 1.76 bits per heavy atom. The number of nitrogens with one attached hydrogen (secondary N) is 2. The highest BCUT2D eigenvalue weighted by molar-refractivity contribution is 8.03. The van der Waals surface area contributed by atoms with Gasteiger partial charge in [0.25, 0.3) is 11.5 Å². The van der Waals surface area contributed by atoms with Gasteiger partial charge in [-0.2, -0.15) is 0 Å². The molecule has 4 aromatic rings. The summed E-state index contributed by atoms with van der Waals surface area (Å²) in [6, 6.07) is 21.1. The van der Waals surface area contributed by atoms with Gasteiger partial charge in [0.1, 0.15) is 42.0 Å². The molecule has 0 spiro atoms. The number of aromatic nitrogens is 2. The predicted molar refractivity (Wildman–Crippen MR) is 168 cm³/mol. The third-order valence-corrected chi connectivity index (χ3v) is 8.43. The van der Waals surface area contributed by atoms with Gasteiger partial charge in [-0.25, -0.2) is 9.78 Å². The van der Waals surface area contributed by atoms with Gasteiger partial charge in [-0.3, -0.25) is 14.4 Å². The molecule has 2 aliphatic heterocycles. The van der Waals surface area contributed by atoms with Crippen molar-refractivity contribution in [3.8, 4) is 22.9 Å². The van der Waals surface area contributed by atoms with Crippen molar-refractivity contribution in [2.45, 2.75) is 17.5 Å². The molecule has 3 heterocycles. The lowest BCUT2D eigenvalue weighted by molar-refractivity contribution is -0.162. The van der Waals surface area contributed by atoms with Gasteiger partial charge in [-0.05, 0) is 41.8 Å². The maximum atomic E-state index is 13.3. The van der Waals surface area contributed by atoms with Crippen LogP contribution in [0.3, 0.4) is 0 Å². The molecule has 3 atom stereocenters. The fourth-order valence-corrected chi connectivity index (χ4v) is 6.29. The lowest BCUT2D eigenvalue weighted by atomic mass is 9.98. The Bertz CT molecular complexity index is 1860. The second-order valence-corrected chi connectivity index (χ2v) is 11.1. The first kappa shape index (κ1) is 29.7. The molecule has 2 amide bonds. The van der Waals surface area contributed by atoms with E-state index in [1.807, 2.05) is 6.07 Å². The van der Waals surface area contributed by atoms with Gasteiger partial charge in [0.05, 0.1) is 16.5 Å². The van der Waals surface area contributed by atoms with E-state index < -0.39 is 35.2 Å². The predicted octanol–water partition coefficient (Wildman–Crippen LogP) is 3.43. The number of fused-ring (bicyclic) bond motifs is 2. The molecule has 3 unspecified atom stereocenters. The summed E-state index contributed by atoms with van der Waals surface area (Å²) in [4.78, 5) is 60.7. The highest BCUT2D eigenvalue weighted by Gasteiger charge is 2.56. The molecule has 0 aliphatic carbocycles. The van der Waals surface area contributed by atoms with Crippen molar-refractivity contribution in [3.63, 3.8) is 0 Å². The number of carbonyl (C=O) groups is 3. The van der Waals surface area contributed by atoms with Crippen LogP contribution in [-0.2, 0) is 19.1 Å². The van der Waals surface area contributed by atoms with E-state index in [9.17, 15) is 19.2 Å². The van der Waals surface area contributed by atoms with Crippen LogP contribution in [0.4, 0.5) is 0 Å². The smallest absolute Gasteiger partial charge is 0.333 e. The number of benzene rings is 3. The minimum absolute atomic E-state index is 0.0376. The number of aromatic amines is 1. The zero-order valence-corrected chi connectivity index (χ0v) is 24.7. The minimum atomic E-state index is -1.07. The van der Waals surface area contributed by atoms with Crippen molar-refractivity contribution in [3.05, 3.63) is 113 Å². The van der Waals surface area contributed by atoms with E-state index in [0.29, 0.717) is 39.4 Å². The highest BCUT2D eigenvalue weighted by Crippen LogP contribution is 2.41. The van der Waals surface area contributed by atoms with Crippen LogP contribution in [0, 0.1) is 0 Å². The van der Waals surface area contributed by atoms with Crippen LogP contribution in [0.15, 0.2) is 107 Å². The van der Waals surface area contributed by atoms with E-state index in [2.05, 4.69) is 21.9 Å². The number of thioether (sulfide) groups is 1. The number of H-pyrrole nitrogens is 1. The molecule has 0 saturated carbocycles. The van der Waals surface area contributed by atoms with Crippen molar-refractivity contribution in [2.75, 3.05) is 19.8 Å². The molecule has 2 N–H and O–H groups in total. The van der Waals surface area contributed by atoms with Gasteiger partial charge in [-0.15, -0.1) is 11.8 Å². The average molecular weight is 625 g/mol. The van der Waals surface area contributed by atoms with Gasteiger partial charge in [0, 0.05) is 5.57 Å². The SMILES string of the molecule is C=CCOC(=O)C1C(COc2ccccc2-c2nc3ccccc3c(=O)[nH]2)=CSC2C(NC(=O)COc3ccccc3)C(=O)N12. The fourth-order valence-electron chi connectivity index (χ4n) is 5.08. The van der Waals surface area contributed by atoms with Crippen LogP contribution in [-0.4, -0.2) is 69.9 Å². The Morgan fingerprint density at radius 1 is 1.00 bits per heavy atom. The Hall–Kier alpha value is -5.36. The number of rotatable bonds is 11. The molecule has 1 saturated heterocycles. The van der Waals surface area contributed by atoms with Crippen LogP contribution in [0.25, 0.3) is 22.3 Å². The van der Waals surface area contributed by atoms with Crippen molar-refractivity contribution in [2.24, 2.45) is 0 Å². The largest absolute Gasteiger partial charge is 0.488 e. The minimum Gasteiger partial charge on any atom is -0.488 e. The summed E-state index contributed by atoms with van der Waals surface area (Å²) < 4.78 is 17.0. The monoisotopic (exact) mass is 624 g/mol. The fraction of sp³-hybridized carbons (Fsp3) is 0.182. The maximum Gasteiger partial charge on any atom is 0.333 e. The van der Waals surface area contributed by atoms with E-state index in [0.717, 1.165) is 0 Å². The molecule has 228 valence electrons. The molecule has 1 fully saturated rings. The Morgan fingerprint density at radius 3 is 2.58 bits per heavy atom. The summed E-state index contributed by atoms with van der Waals surface area (Å²) in [6.45, 7) is 3.23. The number of esters is 1. The molecule has 1 aromatic heterocycles. The van der Waals surface area contributed by atoms with Gasteiger partial charge in [-0.1, -0.05) is 55.1 Å². The molecule has 0 radical (unpaired) electrons. The van der Waals surface area contributed by atoms with Crippen LogP contribution < -0.4 is 20.3 Å². The summed E-state index contributed by atoms with van der Waals surface area (Å²) >= 11 is 1.29. The van der Waals surface area contributed by atoms with Crippen molar-refractivity contribution < 1.29 is 28.6 Å². The van der Waals surface area contributed by atoms with Crippen LogP contribution in [0.2, 0.25) is 0 Å². The van der Waals surface area contributed by atoms with Crippen LogP contribution in [0.1, 0.15) is 0 Å². The number of ether oxygens (including phenoxy) is 3. The summed E-state index contributed by atoms with van der Waals surface area (Å²) in [5, 5.41) is 4.41.